The van der Waals surface area contributed by atoms with Crippen LogP contribution in [0.25, 0.3) is 0 Å². The van der Waals surface area contributed by atoms with Gasteiger partial charge in [0.2, 0.25) is 21.8 Å². The van der Waals surface area contributed by atoms with Gasteiger partial charge in [0.15, 0.2) is 0 Å². The lowest BCUT2D eigenvalue weighted by Crippen LogP contribution is -2.52. The molecule has 0 saturated heterocycles. The van der Waals surface area contributed by atoms with Crippen molar-refractivity contribution in [2.75, 3.05) is 23.7 Å². The summed E-state index contributed by atoms with van der Waals surface area (Å²) < 4.78 is 26.3. The van der Waals surface area contributed by atoms with E-state index in [2.05, 4.69) is 5.32 Å². The number of rotatable bonds is 12. The van der Waals surface area contributed by atoms with Crippen molar-refractivity contribution in [3.63, 3.8) is 0 Å². The molecule has 0 fully saturated rings. The summed E-state index contributed by atoms with van der Waals surface area (Å²) in [6, 6.07) is 8.47. The molecule has 0 radical (unpaired) electrons. The molecule has 0 aliphatic rings. The number of sulfonamides is 1. The Morgan fingerprint density at radius 2 is 1.72 bits per heavy atom. The molecule has 0 heterocycles. The standard InChI is InChI=1S/C24H29Cl4N3O4S/c1-4-6-12-29-24(33)20(5-2)30(14-16-10-11-17(25)13-19(16)27)22(32)15-31(36(3,34)35)21-9-7-8-18(26)23(21)28/h7-11,13,20H,4-6,12,14-15H2,1-3H3,(H,29,33). The third kappa shape index (κ3) is 8.15. The number of benzene rings is 2. The van der Waals surface area contributed by atoms with Crippen molar-refractivity contribution in [1.82, 2.24) is 10.2 Å². The molecular formula is C24H29Cl4N3O4S. The molecule has 1 unspecified atom stereocenters. The Labute approximate surface area is 232 Å². The van der Waals surface area contributed by atoms with Crippen molar-refractivity contribution < 1.29 is 18.0 Å². The molecule has 198 valence electrons. The summed E-state index contributed by atoms with van der Waals surface area (Å²) in [6.07, 6.45) is 2.94. The van der Waals surface area contributed by atoms with Crippen molar-refractivity contribution in [2.45, 2.75) is 45.7 Å². The molecular weight excluding hydrogens is 568 g/mol. The maximum Gasteiger partial charge on any atom is 0.244 e. The van der Waals surface area contributed by atoms with Crippen LogP contribution in [0, 0.1) is 0 Å². The first-order valence-corrected chi connectivity index (χ1v) is 14.7. The van der Waals surface area contributed by atoms with Crippen molar-refractivity contribution in [1.29, 1.82) is 0 Å². The van der Waals surface area contributed by atoms with Crippen molar-refractivity contribution in [2.24, 2.45) is 0 Å². The third-order valence-electron chi connectivity index (χ3n) is 5.45. The average molecular weight is 597 g/mol. The van der Waals surface area contributed by atoms with Crippen molar-refractivity contribution in [3.8, 4) is 0 Å². The first-order valence-electron chi connectivity index (χ1n) is 11.3. The van der Waals surface area contributed by atoms with Crippen LogP contribution in [0.5, 0.6) is 0 Å². The summed E-state index contributed by atoms with van der Waals surface area (Å²) in [7, 11) is -3.94. The van der Waals surface area contributed by atoms with Gasteiger partial charge in [-0.2, -0.15) is 0 Å². The van der Waals surface area contributed by atoms with Gasteiger partial charge in [-0.15, -0.1) is 0 Å². The van der Waals surface area contributed by atoms with Crippen LogP contribution in [0.15, 0.2) is 36.4 Å². The van der Waals surface area contributed by atoms with Crippen LogP contribution in [0.1, 0.15) is 38.7 Å². The fourth-order valence-electron chi connectivity index (χ4n) is 3.54. The largest absolute Gasteiger partial charge is 0.354 e. The van der Waals surface area contributed by atoms with Crippen LogP contribution in [-0.4, -0.2) is 50.5 Å². The lowest BCUT2D eigenvalue weighted by molar-refractivity contribution is -0.140. The number of carbonyl (C=O) groups excluding carboxylic acids is 2. The van der Waals surface area contributed by atoms with E-state index in [0.717, 1.165) is 23.4 Å². The number of carbonyl (C=O) groups is 2. The van der Waals surface area contributed by atoms with E-state index in [0.29, 0.717) is 28.6 Å². The van der Waals surface area contributed by atoms with Gasteiger partial charge in [-0.05, 0) is 42.7 Å². The molecule has 2 rings (SSSR count). The maximum atomic E-state index is 13.7. The quantitative estimate of drug-likeness (QED) is 0.314. The summed E-state index contributed by atoms with van der Waals surface area (Å²) in [5.74, 6) is -0.948. The van der Waals surface area contributed by atoms with E-state index in [1.165, 1.54) is 29.2 Å². The lowest BCUT2D eigenvalue weighted by atomic mass is 10.1. The third-order valence-corrected chi connectivity index (χ3v) is 7.97. The monoisotopic (exact) mass is 595 g/mol. The molecule has 7 nitrogen and oxygen atoms in total. The van der Waals surface area contributed by atoms with Gasteiger partial charge in [-0.1, -0.05) is 78.8 Å². The Balaban J connectivity index is 2.48. The Morgan fingerprint density at radius 1 is 1.03 bits per heavy atom. The summed E-state index contributed by atoms with van der Waals surface area (Å²) in [6.45, 7) is 3.61. The molecule has 2 aromatic rings. The number of hydrogen-bond acceptors (Lipinski definition) is 4. The molecule has 36 heavy (non-hydrogen) atoms. The van der Waals surface area contributed by atoms with Crippen molar-refractivity contribution in [3.05, 3.63) is 62.1 Å². The summed E-state index contributed by atoms with van der Waals surface area (Å²) in [4.78, 5) is 28.1. The molecule has 0 aliphatic heterocycles. The molecule has 0 aliphatic carbocycles. The topological polar surface area (TPSA) is 86.8 Å². The van der Waals surface area contributed by atoms with Gasteiger partial charge < -0.3 is 10.2 Å². The highest BCUT2D eigenvalue weighted by molar-refractivity contribution is 7.92. The van der Waals surface area contributed by atoms with Crippen LogP contribution in [0.4, 0.5) is 5.69 Å². The summed E-state index contributed by atoms with van der Waals surface area (Å²) in [5.41, 5.74) is 0.617. The van der Waals surface area contributed by atoms with E-state index in [4.69, 9.17) is 46.4 Å². The van der Waals surface area contributed by atoms with E-state index in [1.807, 2.05) is 6.92 Å². The summed E-state index contributed by atoms with van der Waals surface area (Å²) in [5, 5.41) is 3.73. The van der Waals surface area contributed by atoms with Gasteiger partial charge in [-0.3, -0.25) is 13.9 Å². The van der Waals surface area contributed by atoms with Crippen LogP contribution < -0.4 is 9.62 Å². The first kappa shape index (κ1) is 30.5. The average Bonchev–Trinajstić information content (AvgIpc) is 2.80. The maximum absolute atomic E-state index is 13.7. The second kappa shape index (κ2) is 13.7. The number of halogens is 4. The van der Waals surface area contributed by atoms with Gasteiger partial charge in [0.1, 0.15) is 12.6 Å². The molecule has 12 heteroatoms. The highest BCUT2D eigenvalue weighted by Gasteiger charge is 2.32. The van der Waals surface area contributed by atoms with Crippen LogP contribution in [-0.2, 0) is 26.2 Å². The van der Waals surface area contributed by atoms with Crippen LogP contribution in [0.2, 0.25) is 20.1 Å². The molecule has 2 aromatic carbocycles. The fourth-order valence-corrected chi connectivity index (χ4v) is 5.31. The molecule has 2 amide bonds. The predicted octanol–water partition coefficient (Wildman–Crippen LogP) is 5.79. The second-order valence-corrected chi connectivity index (χ2v) is 11.7. The number of hydrogen-bond donors (Lipinski definition) is 1. The molecule has 0 saturated carbocycles. The van der Waals surface area contributed by atoms with E-state index in [9.17, 15) is 18.0 Å². The minimum Gasteiger partial charge on any atom is -0.354 e. The van der Waals surface area contributed by atoms with E-state index in [1.54, 1.807) is 19.1 Å². The molecule has 1 N–H and O–H groups in total. The zero-order chi connectivity index (χ0) is 27.0. The number of nitrogens with one attached hydrogen (secondary N) is 1. The highest BCUT2D eigenvalue weighted by atomic mass is 35.5. The molecule has 1 atom stereocenters. The van der Waals surface area contributed by atoms with Gasteiger partial charge in [0.25, 0.3) is 0 Å². The van der Waals surface area contributed by atoms with E-state index >= 15 is 0 Å². The predicted molar refractivity (Wildman–Crippen MR) is 148 cm³/mol. The normalized spacial score (nSPS) is 12.2. The van der Waals surface area contributed by atoms with E-state index in [-0.39, 0.29) is 28.2 Å². The highest BCUT2D eigenvalue weighted by Crippen LogP contribution is 2.34. The fraction of sp³-hybridized carbons (Fsp3) is 0.417. The second-order valence-electron chi connectivity index (χ2n) is 8.17. The number of amides is 2. The minimum absolute atomic E-state index is 0.00552. The zero-order valence-corrected chi connectivity index (χ0v) is 24.1. The number of nitrogens with zero attached hydrogens (tertiary/aromatic N) is 2. The lowest BCUT2D eigenvalue weighted by Gasteiger charge is -2.33. The van der Waals surface area contributed by atoms with Gasteiger partial charge >= 0.3 is 0 Å². The molecule has 0 spiro atoms. The first-order chi connectivity index (χ1) is 16.9. The Bertz CT molecular complexity index is 1190. The Kier molecular flexibility index (Phi) is 11.6. The van der Waals surface area contributed by atoms with Gasteiger partial charge in [-0.25, -0.2) is 8.42 Å². The Morgan fingerprint density at radius 3 is 2.31 bits per heavy atom. The van der Waals surface area contributed by atoms with Crippen LogP contribution >= 0.6 is 46.4 Å². The minimum atomic E-state index is -3.94. The van der Waals surface area contributed by atoms with Crippen molar-refractivity contribution >= 4 is 73.9 Å². The van der Waals surface area contributed by atoms with Gasteiger partial charge in [0, 0.05) is 23.1 Å². The number of unbranched alkanes of at least 4 members (excludes halogenated alkanes) is 1. The molecule has 0 aromatic heterocycles. The van der Waals surface area contributed by atoms with Gasteiger partial charge in [0.05, 0.1) is 22.0 Å². The Hall–Kier alpha value is -1.71. The number of anilines is 1. The summed E-state index contributed by atoms with van der Waals surface area (Å²) >= 11 is 24.7. The van der Waals surface area contributed by atoms with E-state index < -0.39 is 28.5 Å². The zero-order valence-electron chi connectivity index (χ0n) is 20.2. The smallest absolute Gasteiger partial charge is 0.244 e. The van der Waals surface area contributed by atoms with Crippen LogP contribution in [0.3, 0.4) is 0 Å². The SMILES string of the molecule is CCCCNC(=O)C(CC)N(Cc1ccc(Cl)cc1Cl)C(=O)CN(c1cccc(Cl)c1Cl)S(C)(=O)=O. The molecule has 0 bridgehead atoms.